The predicted octanol–water partition coefficient (Wildman–Crippen LogP) is 3.36. The number of amides is 1. The molecule has 0 unspecified atom stereocenters. The van der Waals surface area contributed by atoms with E-state index < -0.39 is 0 Å². The molecule has 1 aromatic carbocycles. The number of benzene rings is 1. The molecule has 112 valence electrons. The van der Waals surface area contributed by atoms with Gasteiger partial charge >= 0.3 is 0 Å². The summed E-state index contributed by atoms with van der Waals surface area (Å²) in [7, 11) is 0. The Balaban J connectivity index is 1.78. The van der Waals surface area contributed by atoms with Crippen molar-refractivity contribution in [2.24, 2.45) is 0 Å². The topological polar surface area (TPSA) is 72.8 Å². The van der Waals surface area contributed by atoms with E-state index >= 15 is 0 Å². The van der Waals surface area contributed by atoms with E-state index in [1.54, 1.807) is 11.0 Å². The number of rotatable bonds is 5. The molecule has 0 saturated heterocycles. The van der Waals surface area contributed by atoms with Gasteiger partial charge in [-0.25, -0.2) is 0 Å². The largest absolute Gasteiger partial charge is 0.333 e. The molecule has 0 aliphatic heterocycles. The lowest BCUT2D eigenvalue weighted by Crippen LogP contribution is -2.34. The highest BCUT2D eigenvalue weighted by atomic mass is 79.9. The van der Waals surface area contributed by atoms with Crippen molar-refractivity contribution in [3.05, 3.63) is 40.5 Å². The van der Waals surface area contributed by atoms with E-state index in [2.05, 4.69) is 32.2 Å². The van der Waals surface area contributed by atoms with Crippen LogP contribution in [0.3, 0.4) is 0 Å². The third-order valence-electron chi connectivity index (χ3n) is 3.66. The number of aromatic amines is 1. The van der Waals surface area contributed by atoms with Gasteiger partial charge in [0.2, 0.25) is 0 Å². The summed E-state index contributed by atoms with van der Waals surface area (Å²) in [5.41, 5.74) is 2.17. The maximum absolute atomic E-state index is 12.6. The quantitative estimate of drug-likeness (QED) is 0.890. The fraction of sp³-hybridized carbons (Fsp3) is 0.312. The normalized spacial score (nSPS) is 13.6. The highest BCUT2D eigenvalue weighted by Gasteiger charge is 2.33. The number of nitrogens with zero attached hydrogens (tertiary/aromatic N) is 3. The minimum Gasteiger partial charge on any atom is -0.333 e. The van der Waals surface area contributed by atoms with Crippen LogP contribution in [-0.4, -0.2) is 33.6 Å². The van der Waals surface area contributed by atoms with Gasteiger partial charge in [-0.1, -0.05) is 28.1 Å². The van der Waals surface area contributed by atoms with E-state index in [-0.39, 0.29) is 11.9 Å². The average molecular weight is 359 g/mol. The van der Waals surface area contributed by atoms with Crippen LogP contribution in [0, 0.1) is 11.3 Å². The van der Waals surface area contributed by atoms with Crippen LogP contribution in [0.25, 0.3) is 11.3 Å². The van der Waals surface area contributed by atoms with Crippen LogP contribution in [-0.2, 0) is 0 Å². The Labute approximate surface area is 137 Å². The third-order valence-corrected chi connectivity index (χ3v) is 4.19. The molecule has 0 radical (unpaired) electrons. The summed E-state index contributed by atoms with van der Waals surface area (Å²) in [5.74, 6) is -0.0754. The average Bonchev–Trinajstić information content (AvgIpc) is 3.24. The van der Waals surface area contributed by atoms with Crippen molar-refractivity contribution in [2.75, 3.05) is 6.54 Å². The number of hydrogen-bond donors (Lipinski definition) is 1. The minimum absolute atomic E-state index is 0.0754. The molecule has 1 aliphatic rings. The van der Waals surface area contributed by atoms with E-state index in [0.717, 1.165) is 28.6 Å². The van der Waals surface area contributed by atoms with E-state index in [0.29, 0.717) is 18.7 Å². The van der Waals surface area contributed by atoms with Gasteiger partial charge in [0.15, 0.2) is 0 Å². The first kappa shape index (κ1) is 14.8. The van der Waals surface area contributed by atoms with Crippen molar-refractivity contribution in [2.45, 2.75) is 25.3 Å². The van der Waals surface area contributed by atoms with Gasteiger partial charge in [-0.15, -0.1) is 0 Å². The third kappa shape index (κ3) is 3.20. The molecule has 6 heteroatoms. The van der Waals surface area contributed by atoms with Crippen LogP contribution in [0.15, 0.2) is 34.8 Å². The molecule has 0 atom stereocenters. The molecule has 0 bridgehead atoms. The lowest BCUT2D eigenvalue weighted by atomic mass is 10.1. The zero-order valence-corrected chi connectivity index (χ0v) is 13.5. The molecule has 1 fully saturated rings. The van der Waals surface area contributed by atoms with Gasteiger partial charge in [0.1, 0.15) is 5.69 Å². The van der Waals surface area contributed by atoms with Crippen LogP contribution in [0.1, 0.15) is 29.8 Å². The van der Waals surface area contributed by atoms with Gasteiger partial charge in [-0.05, 0) is 31.0 Å². The standard InChI is InChI=1S/C16H15BrN4O/c17-12-4-2-11(3-5-12)14-10-15(20-19-14)16(22)21(9-1-8-18)13-6-7-13/h2-5,10,13H,1,6-7,9H2,(H,19,20). The number of carbonyl (C=O) groups is 1. The van der Waals surface area contributed by atoms with Gasteiger partial charge in [0.25, 0.3) is 5.91 Å². The second-order valence-corrected chi connectivity index (χ2v) is 6.23. The molecular formula is C16H15BrN4O. The number of carbonyl (C=O) groups excluding carboxylic acids is 1. The number of halogens is 1. The summed E-state index contributed by atoms with van der Waals surface area (Å²) >= 11 is 3.40. The Morgan fingerprint density at radius 3 is 2.77 bits per heavy atom. The van der Waals surface area contributed by atoms with Gasteiger partial charge in [0.05, 0.1) is 18.2 Å². The van der Waals surface area contributed by atoms with Gasteiger partial charge < -0.3 is 4.90 Å². The predicted molar refractivity (Wildman–Crippen MR) is 86.0 cm³/mol. The summed E-state index contributed by atoms with van der Waals surface area (Å²) in [6, 6.07) is 11.9. The van der Waals surface area contributed by atoms with E-state index in [4.69, 9.17) is 5.26 Å². The molecule has 1 saturated carbocycles. The highest BCUT2D eigenvalue weighted by molar-refractivity contribution is 9.10. The Morgan fingerprint density at radius 1 is 1.41 bits per heavy atom. The summed E-state index contributed by atoms with van der Waals surface area (Å²) in [5, 5.41) is 15.8. The Kier molecular flexibility index (Phi) is 4.25. The van der Waals surface area contributed by atoms with Crippen molar-refractivity contribution >= 4 is 21.8 Å². The summed E-state index contributed by atoms with van der Waals surface area (Å²) in [6.07, 6.45) is 2.39. The lowest BCUT2D eigenvalue weighted by Gasteiger charge is -2.19. The lowest BCUT2D eigenvalue weighted by molar-refractivity contribution is 0.0741. The smallest absolute Gasteiger partial charge is 0.272 e. The molecule has 0 spiro atoms. The molecule has 1 N–H and O–H groups in total. The molecule has 1 aliphatic carbocycles. The Morgan fingerprint density at radius 2 is 2.14 bits per heavy atom. The van der Waals surface area contributed by atoms with E-state index in [1.165, 1.54) is 0 Å². The van der Waals surface area contributed by atoms with E-state index in [1.807, 2.05) is 24.3 Å². The molecule has 5 nitrogen and oxygen atoms in total. The van der Waals surface area contributed by atoms with Gasteiger partial charge in [-0.2, -0.15) is 10.4 Å². The molecule has 2 aromatic rings. The van der Waals surface area contributed by atoms with Crippen LogP contribution in [0.5, 0.6) is 0 Å². The Bertz CT molecular complexity index is 712. The zero-order chi connectivity index (χ0) is 15.5. The second-order valence-electron chi connectivity index (χ2n) is 5.31. The fourth-order valence-electron chi connectivity index (χ4n) is 2.36. The highest BCUT2D eigenvalue weighted by Crippen LogP contribution is 2.29. The van der Waals surface area contributed by atoms with Crippen molar-refractivity contribution in [1.29, 1.82) is 5.26 Å². The number of aromatic nitrogens is 2. The van der Waals surface area contributed by atoms with Crippen LogP contribution < -0.4 is 0 Å². The molecular weight excluding hydrogens is 344 g/mol. The SMILES string of the molecule is N#CCCN(C(=O)c1cc(-c2ccc(Br)cc2)n[nH]1)C1CC1. The number of hydrogen-bond acceptors (Lipinski definition) is 3. The van der Waals surface area contributed by atoms with Crippen molar-refractivity contribution in [3.63, 3.8) is 0 Å². The van der Waals surface area contributed by atoms with Crippen LogP contribution in [0.4, 0.5) is 0 Å². The summed E-state index contributed by atoms with van der Waals surface area (Å²) in [4.78, 5) is 14.3. The molecule has 3 rings (SSSR count). The number of nitrogens with one attached hydrogen (secondary N) is 1. The van der Waals surface area contributed by atoms with Crippen LogP contribution in [0.2, 0.25) is 0 Å². The first-order chi connectivity index (χ1) is 10.7. The van der Waals surface area contributed by atoms with E-state index in [9.17, 15) is 4.79 Å². The van der Waals surface area contributed by atoms with Crippen molar-refractivity contribution < 1.29 is 4.79 Å². The molecule has 1 aromatic heterocycles. The maximum Gasteiger partial charge on any atom is 0.272 e. The molecule has 1 heterocycles. The fourth-order valence-corrected chi connectivity index (χ4v) is 2.63. The monoisotopic (exact) mass is 358 g/mol. The first-order valence-corrected chi connectivity index (χ1v) is 7.97. The number of nitriles is 1. The molecule has 22 heavy (non-hydrogen) atoms. The summed E-state index contributed by atoms with van der Waals surface area (Å²) in [6.45, 7) is 0.479. The first-order valence-electron chi connectivity index (χ1n) is 7.18. The minimum atomic E-state index is -0.0754. The van der Waals surface area contributed by atoms with Gasteiger partial charge in [0, 0.05) is 22.6 Å². The zero-order valence-electron chi connectivity index (χ0n) is 11.9. The van der Waals surface area contributed by atoms with Crippen molar-refractivity contribution in [3.8, 4) is 17.3 Å². The molecule has 1 amide bonds. The second kappa shape index (κ2) is 6.32. The number of H-pyrrole nitrogens is 1. The van der Waals surface area contributed by atoms with Gasteiger partial charge in [-0.3, -0.25) is 9.89 Å². The Hall–Kier alpha value is -2.13. The summed E-state index contributed by atoms with van der Waals surface area (Å²) < 4.78 is 1.000. The van der Waals surface area contributed by atoms with Crippen molar-refractivity contribution in [1.82, 2.24) is 15.1 Å². The maximum atomic E-state index is 12.6. The van der Waals surface area contributed by atoms with Crippen LogP contribution >= 0.6 is 15.9 Å².